The Bertz CT molecular complexity index is 1110. The number of ether oxygens (including phenoxy) is 4. The Morgan fingerprint density at radius 3 is 2.41 bits per heavy atom. The van der Waals surface area contributed by atoms with E-state index >= 15 is 0 Å². The molecule has 0 aromatic heterocycles. The number of carbonyl (C=O) groups is 1. The number of anilines is 1. The molecule has 0 saturated carbocycles. The van der Waals surface area contributed by atoms with Gasteiger partial charge in [-0.3, -0.25) is 9.10 Å². The van der Waals surface area contributed by atoms with E-state index in [-0.39, 0.29) is 22.2 Å². The van der Waals surface area contributed by atoms with Crippen molar-refractivity contribution in [3.8, 4) is 23.0 Å². The molecule has 0 spiro atoms. The molecule has 1 aliphatic rings. The molecule has 0 radical (unpaired) electrons. The molecule has 0 unspecified atom stereocenters. The van der Waals surface area contributed by atoms with Gasteiger partial charge in [0, 0.05) is 12.1 Å². The smallest absolute Gasteiger partial charge is 0.241 e. The highest BCUT2D eigenvalue weighted by molar-refractivity contribution is 7.92. The van der Waals surface area contributed by atoms with E-state index in [2.05, 4.69) is 5.32 Å². The standard InChI is InChI=1S/C21H25ClN2O7S/c1-13(14-5-6-17-20(9-14)31-8-7-30-17)23-21(25)12-24(32(4,26)27)16-11-18(28-2)15(22)10-19(16)29-3/h5-6,9-11,13H,7-8,12H2,1-4H3,(H,23,25)/t13-/m1/s1. The first-order chi connectivity index (χ1) is 15.1. The van der Waals surface area contributed by atoms with E-state index in [1.165, 1.54) is 26.4 Å². The summed E-state index contributed by atoms with van der Waals surface area (Å²) in [4.78, 5) is 12.8. The second-order valence-corrected chi connectivity index (χ2v) is 9.43. The molecular weight excluding hydrogens is 460 g/mol. The molecule has 2 aromatic carbocycles. The molecule has 0 fully saturated rings. The van der Waals surface area contributed by atoms with Crippen LogP contribution in [0, 0.1) is 0 Å². The van der Waals surface area contributed by atoms with Gasteiger partial charge in [0.1, 0.15) is 31.3 Å². The van der Waals surface area contributed by atoms with Crippen molar-refractivity contribution in [2.45, 2.75) is 13.0 Å². The van der Waals surface area contributed by atoms with Gasteiger partial charge in [-0.25, -0.2) is 8.42 Å². The fourth-order valence-electron chi connectivity index (χ4n) is 3.25. The highest BCUT2D eigenvalue weighted by atomic mass is 35.5. The molecule has 0 bridgehead atoms. The monoisotopic (exact) mass is 484 g/mol. The van der Waals surface area contributed by atoms with Crippen molar-refractivity contribution < 1.29 is 32.2 Å². The van der Waals surface area contributed by atoms with E-state index in [0.717, 1.165) is 16.1 Å². The van der Waals surface area contributed by atoms with E-state index in [0.29, 0.717) is 24.7 Å². The van der Waals surface area contributed by atoms with Crippen molar-refractivity contribution in [3.05, 3.63) is 40.9 Å². The van der Waals surface area contributed by atoms with Crippen LogP contribution >= 0.6 is 11.6 Å². The normalized spacial score (nSPS) is 13.8. The van der Waals surface area contributed by atoms with Crippen LogP contribution in [-0.2, 0) is 14.8 Å². The molecule has 1 aliphatic heterocycles. The third-order valence-electron chi connectivity index (χ3n) is 4.85. The quantitative estimate of drug-likeness (QED) is 0.614. The number of halogens is 1. The Hall–Kier alpha value is -2.85. The maximum absolute atomic E-state index is 12.8. The lowest BCUT2D eigenvalue weighted by molar-refractivity contribution is -0.120. The number of benzene rings is 2. The van der Waals surface area contributed by atoms with Crippen molar-refractivity contribution in [1.82, 2.24) is 5.32 Å². The SMILES string of the molecule is COc1cc(N(CC(=O)N[C@H](C)c2ccc3c(c2)OCCO3)S(C)(=O)=O)c(OC)cc1Cl. The number of sulfonamides is 1. The highest BCUT2D eigenvalue weighted by Crippen LogP contribution is 2.39. The Morgan fingerprint density at radius 1 is 1.12 bits per heavy atom. The van der Waals surface area contributed by atoms with Crippen LogP contribution in [0.4, 0.5) is 5.69 Å². The summed E-state index contributed by atoms with van der Waals surface area (Å²) in [6.07, 6.45) is 1.01. The lowest BCUT2D eigenvalue weighted by Gasteiger charge is -2.26. The summed E-state index contributed by atoms with van der Waals surface area (Å²) in [5, 5.41) is 3.06. The fourth-order valence-corrected chi connectivity index (χ4v) is 4.33. The zero-order chi connectivity index (χ0) is 23.5. The zero-order valence-corrected chi connectivity index (χ0v) is 19.7. The van der Waals surface area contributed by atoms with Crippen LogP contribution in [0.3, 0.4) is 0 Å². The summed E-state index contributed by atoms with van der Waals surface area (Å²) >= 11 is 6.12. The van der Waals surface area contributed by atoms with Crippen LogP contribution in [-0.4, -0.2) is 54.6 Å². The minimum Gasteiger partial charge on any atom is -0.495 e. The van der Waals surface area contributed by atoms with Crippen LogP contribution < -0.4 is 28.6 Å². The summed E-state index contributed by atoms with van der Waals surface area (Å²) in [7, 11) is -1.05. The van der Waals surface area contributed by atoms with E-state index in [1.807, 2.05) is 6.07 Å². The summed E-state index contributed by atoms with van der Waals surface area (Å²) < 4.78 is 47.5. The van der Waals surface area contributed by atoms with E-state index in [1.54, 1.807) is 19.1 Å². The number of carbonyl (C=O) groups excluding carboxylic acids is 1. The molecule has 1 heterocycles. The number of rotatable bonds is 8. The number of methoxy groups -OCH3 is 2. The maximum Gasteiger partial charge on any atom is 0.241 e. The number of hydrogen-bond acceptors (Lipinski definition) is 7. The van der Waals surface area contributed by atoms with Gasteiger partial charge >= 0.3 is 0 Å². The molecule has 2 aromatic rings. The van der Waals surface area contributed by atoms with E-state index in [4.69, 9.17) is 30.5 Å². The molecule has 1 atom stereocenters. The Kier molecular flexibility index (Phi) is 7.25. The van der Waals surface area contributed by atoms with Crippen molar-refractivity contribution in [1.29, 1.82) is 0 Å². The van der Waals surface area contributed by atoms with Crippen molar-refractivity contribution in [2.75, 3.05) is 44.5 Å². The number of nitrogens with one attached hydrogen (secondary N) is 1. The van der Waals surface area contributed by atoms with Crippen LogP contribution in [0.15, 0.2) is 30.3 Å². The van der Waals surface area contributed by atoms with Crippen molar-refractivity contribution >= 4 is 33.2 Å². The largest absolute Gasteiger partial charge is 0.495 e. The number of nitrogens with zero attached hydrogens (tertiary/aromatic N) is 1. The van der Waals surface area contributed by atoms with Gasteiger partial charge < -0.3 is 24.3 Å². The minimum absolute atomic E-state index is 0.137. The molecule has 3 rings (SSSR count). The van der Waals surface area contributed by atoms with Crippen LogP contribution in [0.1, 0.15) is 18.5 Å². The van der Waals surface area contributed by atoms with Crippen LogP contribution in [0.5, 0.6) is 23.0 Å². The van der Waals surface area contributed by atoms with E-state index < -0.39 is 28.5 Å². The van der Waals surface area contributed by atoms with E-state index in [9.17, 15) is 13.2 Å². The molecule has 174 valence electrons. The van der Waals surface area contributed by atoms with Crippen molar-refractivity contribution in [2.24, 2.45) is 0 Å². The molecule has 9 nitrogen and oxygen atoms in total. The number of amides is 1. The number of hydrogen-bond donors (Lipinski definition) is 1. The lowest BCUT2D eigenvalue weighted by atomic mass is 10.1. The molecule has 1 amide bonds. The Morgan fingerprint density at radius 2 is 1.78 bits per heavy atom. The topological polar surface area (TPSA) is 103 Å². The van der Waals surface area contributed by atoms with Crippen LogP contribution in [0.2, 0.25) is 5.02 Å². The molecule has 0 aliphatic carbocycles. The predicted molar refractivity (Wildman–Crippen MR) is 121 cm³/mol. The van der Waals surface area contributed by atoms with Gasteiger partial charge in [0.25, 0.3) is 0 Å². The number of fused-ring (bicyclic) bond motifs is 1. The molecule has 11 heteroatoms. The van der Waals surface area contributed by atoms with Gasteiger partial charge in [-0.2, -0.15) is 0 Å². The van der Waals surface area contributed by atoms with Gasteiger partial charge in [0.15, 0.2) is 11.5 Å². The van der Waals surface area contributed by atoms with Gasteiger partial charge in [-0.1, -0.05) is 17.7 Å². The summed E-state index contributed by atoms with van der Waals surface area (Å²) in [5.74, 6) is 1.18. The maximum atomic E-state index is 12.8. The fraction of sp³-hybridized carbons (Fsp3) is 0.381. The average Bonchev–Trinajstić information content (AvgIpc) is 2.76. The Labute approximate surface area is 192 Å². The second kappa shape index (κ2) is 9.74. The molecule has 32 heavy (non-hydrogen) atoms. The minimum atomic E-state index is -3.84. The third kappa shape index (κ3) is 5.31. The summed E-state index contributed by atoms with van der Waals surface area (Å²) in [6, 6.07) is 7.84. The van der Waals surface area contributed by atoms with Gasteiger partial charge in [0.2, 0.25) is 15.9 Å². The molecule has 1 N–H and O–H groups in total. The first-order valence-corrected chi connectivity index (χ1v) is 11.9. The summed E-state index contributed by atoms with van der Waals surface area (Å²) in [6.45, 7) is 2.26. The first-order valence-electron chi connectivity index (χ1n) is 9.72. The van der Waals surface area contributed by atoms with Gasteiger partial charge in [0.05, 0.1) is 37.2 Å². The zero-order valence-electron chi connectivity index (χ0n) is 18.2. The molecular formula is C21H25ClN2O7S. The van der Waals surface area contributed by atoms with Gasteiger partial charge in [-0.05, 0) is 24.6 Å². The van der Waals surface area contributed by atoms with Crippen molar-refractivity contribution in [3.63, 3.8) is 0 Å². The third-order valence-corrected chi connectivity index (χ3v) is 6.28. The second-order valence-electron chi connectivity index (χ2n) is 7.12. The van der Waals surface area contributed by atoms with Gasteiger partial charge in [-0.15, -0.1) is 0 Å². The predicted octanol–water partition coefficient (Wildman–Crippen LogP) is 2.77. The lowest BCUT2D eigenvalue weighted by Crippen LogP contribution is -2.41. The highest BCUT2D eigenvalue weighted by Gasteiger charge is 2.26. The summed E-state index contributed by atoms with van der Waals surface area (Å²) in [5.41, 5.74) is 0.928. The average molecular weight is 485 g/mol. The Balaban J connectivity index is 1.82. The van der Waals surface area contributed by atoms with Crippen LogP contribution in [0.25, 0.3) is 0 Å². The first kappa shape index (κ1) is 23.8. The molecule has 0 saturated heterocycles.